The van der Waals surface area contributed by atoms with E-state index in [4.69, 9.17) is 0 Å². The van der Waals surface area contributed by atoms with Gasteiger partial charge < -0.3 is 0 Å². The Kier molecular flexibility index (Phi) is 6.29. The second kappa shape index (κ2) is 9.27. The number of thiazole rings is 1. The smallest absolute Gasteiger partial charge is 0.298 e. The lowest BCUT2D eigenvalue weighted by Gasteiger charge is -2.26. The second-order valence-electron chi connectivity index (χ2n) is 7.09. The number of piperidine rings is 1. The van der Waals surface area contributed by atoms with Gasteiger partial charge in [-0.3, -0.25) is 15.5 Å². The summed E-state index contributed by atoms with van der Waals surface area (Å²) in [4.78, 5) is 23.4. The number of anilines is 2. The van der Waals surface area contributed by atoms with E-state index in [2.05, 4.69) is 25.5 Å². The Morgan fingerprint density at radius 2 is 1.83 bits per heavy atom. The van der Waals surface area contributed by atoms with Gasteiger partial charge in [0.1, 0.15) is 28.3 Å². The molecule has 1 saturated heterocycles. The monoisotopic (exact) mass is 429 g/mol. The molecule has 4 rings (SSSR count). The lowest BCUT2D eigenvalue weighted by molar-refractivity contribution is 0.218. The van der Waals surface area contributed by atoms with Crippen molar-refractivity contribution in [3.63, 3.8) is 0 Å². The Morgan fingerprint density at radius 1 is 1.03 bits per heavy atom. The SMILES string of the molecule is O=C(Nc1cccc(CN2CCCCC2)n1)Nc1csc(-c2ccc(F)cc2F)n1. The molecule has 0 bridgehead atoms. The van der Waals surface area contributed by atoms with Crippen LogP contribution in [-0.2, 0) is 6.54 Å². The summed E-state index contributed by atoms with van der Waals surface area (Å²) in [6.07, 6.45) is 3.69. The van der Waals surface area contributed by atoms with Crippen molar-refractivity contribution in [2.75, 3.05) is 23.7 Å². The number of halogens is 2. The minimum atomic E-state index is -0.699. The zero-order valence-electron chi connectivity index (χ0n) is 16.2. The maximum absolute atomic E-state index is 13.9. The zero-order chi connectivity index (χ0) is 20.9. The van der Waals surface area contributed by atoms with Crippen LogP contribution in [0.5, 0.6) is 0 Å². The second-order valence-corrected chi connectivity index (χ2v) is 7.95. The third-order valence-corrected chi connectivity index (χ3v) is 5.67. The lowest BCUT2D eigenvalue weighted by atomic mass is 10.1. The van der Waals surface area contributed by atoms with Gasteiger partial charge in [-0.2, -0.15) is 0 Å². The summed E-state index contributed by atoms with van der Waals surface area (Å²) >= 11 is 1.16. The van der Waals surface area contributed by atoms with Crippen LogP contribution in [0.3, 0.4) is 0 Å². The first kappa shape index (κ1) is 20.4. The van der Waals surface area contributed by atoms with Crippen LogP contribution < -0.4 is 10.6 Å². The molecule has 1 fully saturated rings. The van der Waals surface area contributed by atoms with Crippen molar-refractivity contribution >= 4 is 29.0 Å². The standard InChI is InChI=1S/C21H21F2N5OS/c22-14-7-8-16(17(23)11-14)20-25-19(13-30-20)27-21(29)26-18-6-4-5-15(24-18)12-28-9-2-1-3-10-28/h4-8,11,13H,1-3,9-10,12H2,(H2,24,26,27,29). The van der Waals surface area contributed by atoms with E-state index in [0.29, 0.717) is 10.8 Å². The van der Waals surface area contributed by atoms with Crippen LogP contribution >= 0.6 is 11.3 Å². The Balaban J connectivity index is 1.37. The summed E-state index contributed by atoms with van der Waals surface area (Å²) in [5.74, 6) is -0.627. The van der Waals surface area contributed by atoms with E-state index >= 15 is 0 Å². The van der Waals surface area contributed by atoms with Gasteiger partial charge in [0.2, 0.25) is 0 Å². The minimum Gasteiger partial charge on any atom is -0.298 e. The quantitative estimate of drug-likeness (QED) is 0.591. The fraction of sp³-hybridized carbons (Fsp3) is 0.286. The fourth-order valence-electron chi connectivity index (χ4n) is 3.37. The van der Waals surface area contributed by atoms with Gasteiger partial charge in [-0.05, 0) is 50.2 Å². The minimum absolute atomic E-state index is 0.182. The summed E-state index contributed by atoms with van der Waals surface area (Å²) in [7, 11) is 0. The molecule has 30 heavy (non-hydrogen) atoms. The van der Waals surface area contributed by atoms with E-state index in [0.717, 1.165) is 42.7 Å². The number of carbonyl (C=O) groups is 1. The Hall–Kier alpha value is -2.91. The van der Waals surface area contributed by atoms with Gasteiger partial charge in [0.15, 0.2) is 0 Å². The summed E-state index contributed by atoms with van der Waals surface area (Å²) in [6.45, 7) is 2.90. The van der Waals surface area contributed by atoms with Gasteiger partial charge in [-0.1, -0.05) is 12.5 Å². The molecule has 9 heteroatoms. The van der Waals surface area contributed by atoms with Crippen molar-refractivity contribution in [1.82, 2.24) is 14.9 Å². The van der Waals surface area contributed by atoms with Crippen molar-refractivity contribution in [2.45, 2.75) is 25.8 Å². The number of benzene rings is 1. The largest absolute Gasteiger partial charge is 0.326 e. The molecular weight excluding hydrogens is 408 g/mol. The molecule has 0 aliphatic carbocycles. The Morgan fingerprint density at radius 3 is 2.63 bits per heavy atom. The van der Waals surface area contributed by atoms with Gasteiger partial charge in [0.05, 0.1) is 5.69 Å². The molecule has 6 nitrogen and oxygen atoms in total. The number of aromatic nitrogens is 2. The number of rotatable bonds is 5. The summed E-state index contributed by atoms with van der Waals surface area (Å²) < 4.78 is 27.0. The van der Waals surface area contributed by atoms with Gasteiger partial charge in [0.25, 0.3) is 0 Å². The molecule has 2 N–H and O–H groups in total. The van der Waals surface area contributed by atoms with Crippen molar-refractivity contribution < 1.29 is 13.6 Å². The van der Waals surface area contributed by atoms with Crippen LogP contribution in [0.1, 0.15) is 25.0 Å². The number of nitrogens with zero attached hydrogens (tertiary/aromatic N) is 3. The number of likely N-dealkylation sites (tertiary alicyclic amines) is 1. The van der Waals surface area contributed by atoms with E-state index in [1.807, 2.05) is 12.1 Å². The van der Waals surface area contributed by atoms with Crippen LogP contribution in [0, 0.1) is 11.6 Å². The molecule has 0 atom stereocenters. The fourth-order valence-corrected chi connectivity index (χ4v) is 4.14. The van der Waals surface area contributed by atoms with Crippen molar-refractivity contribution in [3.05, 3.63) is 59.1 Å². The van der Waals surface area contributed by atoms with Crippen LogP contribution in [0.15, 0.2) is 41.8 Å². The number of pyridine rings is 1. The van der Waals surface area contributed by atoms with Gasteiger partial charge >= 0.3 is 6.03 Å². The highest BCUT2D eigenvalue weighted by molar-refractivity contribution is 7.13. The van der Waals surface area contributed by atoms with E-state index in [1.54, 1.807) is 11.4 Å². The summed E-state index contributed by atoms with van der Waals surface area (Å²) in [5.41, 5.74) is 1.08. The van der Waals surface area contributed by atoms with E-state index < -0.39 is 17.7 Å². The average Bonchev–Trinajstić information content (AvgIpc) is 3.17. The number of urea groups is 1. The first-order valence-corrected chi connectivity index (χ1v) is 10.6. The predicted octanol–water partition coefficient (Wildman–Crippen LogP) is 5.11. The van der Waals surface area contributed by atoms with Crippen LogP contribution in [0.2, 0.25) is 0 Å². The van der Waals surface area contributed by atoms with Crippen LogP contribution in [0.4, 0.5) is 25.2 Å². The van der Waals surface area contributed by atoms with Crippen molar-refractivity contribution in [3.8, 4) is 10.6 Å². The molecule has 3 heterocycles. The first-order chi connectivity index (χ1) is 14.6. The Bertz CT molecular complexity index is 1040. The molecule has 3 aromatic rings. The topological polar surface area (TPSA) is 70.2 Å². The van der Waals surface area contributed by atoms with Gasteiger partial charge in [-0.15, -0.1) is 11.3 Å². The highest BCUT2D eigenvalue weighted by Crippen LogP contribution is 2.28. The summed E-state index contributed by atoms with van der Waals surface area (Å²) in [5, 5.41) is 7.26. The maximum atomic E-state index is 13.9. The van der Waals surface area contributed by atoms with Gasteiger partial charge in [-0.25, -0.2) is 23.5 Å². The average molecular weight is 429 g/mol. The highest BCUT2D eigenvalue weighted by Gasteiger charge is 2.14. The van der Waals surface area contributed by atoms with E-state index in [9.17, 15) is 13.6 Å². The molecule has 2 aromatic heterocycles. The van der Waals surface area contributed by atoms with Crippen molar-refractivity contribution in [1.29, 1.82) is 0 Å². The zero-order valence-corrected chi connectivity index (χ0v) is 17.0. The first-order valence-electron chi connectivity index (χ1n) is 9.74. The third kappa shape index (κ3) is 5.17. The molecule has 0 saturated carbocycles. The van der Waals surface area contributed by atoms with Crippen LogP contribution in [0.25, 0.3) is 10.6 Å². The van der Waals surface area contributed by atoms with E-state index in [1.165, 1.54) is 31.4 Å². The number of hydrogen-bond donors (Lipinski definition) is 2. The summed E-state index contributed by atoms with van der Waals surface area (Å²) in [6, 6.07) is 8.34. The number of hydrogen-bond acceptors (Lipinski definition) is 5. The molecule has 0 radical (unpaired) electrons. The highest BCUT2D eigenvalue weighted by atomic mass is 32.1. The molecule has 1 aromatic carbocycles. The van der Waals surface area contributed by atoms with E-state index in [-0.39, 0.29) is 11.4 Å². The molecular formula is C21H21F2N5OS. The normalized spacial score (nSPS) is 14.5. The third-order valence-electron chi connectivity index (χ3n) is 4.79. The molecule has 1 aliphatic heterocycles. The molecule has 0 spiro atoms. The van der Waals surface area contributed by atoms with Crippen LogP contribution in [-0.4, -0.2) is 34.0 Å². The number of amides is 2. The molecule has 0 unspecified atom stereocenters. The molecule has 2 amide bonds. The predicted molar refractivity (Wildman–Crippen MR) is 113 cm³/mol. The molecule has 156 valence electrons. The van der Waals surface area contributed by atoms with Crippen molar-refractivity contribution in [2.24, 2.45) is 0 Å². The Labute approximate surface area is 177 Å². The lowest BCUT2D eigenvalue weighted by Crippen LogP contribution is -2.29. The van der Waals surface area contributed by atoms with Gasteiger partial charge in [0, 0.05) is 23.6 Å². The molecule has 1 aliphatic rings. The number of nitrogens with one attached hydrogen (secondary N) is 2. The maximum Gasteiger partial charge on any atom is 0.326 e. The number of carbonyl (C=O) groups excluding carboxylic acids is 1.